The molecule has 0 saturated heterocycles. The van der Waals surface area contributed by atoms with Crippen LogP contribution in [0.2, 0.25) is 5.02 Å². The van der Waals surface area contributed by atoms with Gasteiger partial charge in [-0.25, -0.2) is 0 Å². The zero-order chi connectivity index (χ0) is 15.4. The molecule has 0 fully saturated rings. The first kappa shape index (κ1) is 14.9. The van der Waals surface area contributed by atoms with Gasteiger partial charge in [0.2, 0.25) is 0 Å². The maximum Gasteiger partial charge on any atom is 0.119 e. The summed E-state index contributed by atoms with van der Waals surface area (Å²) in [7, 11) is 0. The van der Waals surface area contributed by atoms with Crippen molar-refractivity contribution in [3.8, 4) is 11.8 Å². The first-order valence-electron chi connectivity index (χ1n) is 7.66. The Kier molecular flexibility index (Phi) is 4.65. The van der Waals surface area contributed by atoms with Gasteiger partial charge in [-0.3, -0.25) is 0 Å². The molecule has 2 aromatic carbocycles. The van der Waals surface area contributed by atoms with Crippen molar-refractivity contribution in [2.24, 2.45) is 0 Å². The van der Waals surface area contributed by atoms with Gasteiger partial charge in [0.25, 0.3) is 0 Å². The molecule has 0 bridgehead atoms. The number of halogens is 1. The molecular formula is C19H18ClNO. The highest BCUT2D eigenvalue weighted by Crippen LogP contribution is 2.27. The third kappa shape index (κ3) is 3.43. The number of aryl methyl sites for hydroxylation is 2. The summed E-state index contributed by atoms with van der Waals surface area (Å²) in [5.74, 6) is 0.750. The minimum atomic E-state index is -0.160. The third-order valence-electron chi connectivity index (χ3n) is 4.17. The molecular weight excluding hydrogens is 294 g/mol. The van der Waals surface area contributed by atoms with Crippen LogP contribution in [0, 0.1) is 11.3 Å². The predicted octanol–water partition coefficient (Wildman–Crippen LogP) is 4.90. The Bertz CT molecular complexity index is 688. The van der Waals surface area contributed by atoms with Crippen LogP contribution >= 0.6 is 11.6 Å². The number of rotatable bonds is 5. The molecule has 1 unspecified atom stereocenters. The molecule has 0 saturated carbocycles. The molecule has 3 heteroatoms. The molecule has 0 aliphatic heterocycles. The molecule has 0 radical (unpaired) electrons. The summed E-state index contributed by atoms with van der Waals surface area (Å²) in [6.45, 7) is 0.541. The summed E-state index contributed by atoms with van der Waals surface area (Å²) in [6, 6.07) is 16.1. The molecule has 22 heavy (non-hydrogen) atoms. The molecule has 1 aliphatic rings. The lowest BCUT2D eigenvalue weighted by Crippen LogP contribution is -2.04. The monoisotopic (exact) mass is 311 g/mol. The van der Waals surface area contributed by atoms with Gasteiger partial charge in [-0.2, -0.15) is 5.26 Å². The second-order valence-corrected chi connectivity index (χ2v) is 6.09. The van der Waals surface area contributed by atoms with Crippen molar-refractivity contribution in [3.63, 3.8) is 0 Å². The first-order chi connectivity index (χ1) is 10.8. The van der Waals surface area contributed by atoms with Crippen LogP contribution in [0.15, 0.2) is 42.5 Å². The number of nitrogens with zero attached hydrogens (tertiary/aromatic N) is 1. The highest BCUT2D eigenvalue weighted by molar-refractivity contribution is 6.30. The molecule has 0 spiro atoms. The van der Waals surface area contributed by atoms with E-state index in [1.807, 2.05) is 30.3 Å². The Morgan fingerprint density at radius 2 is 1.86 bits per heavy atom. The van der Waals surface area contributed by atoms with E-state index in [1.165, 1.54) is 24.0 Å². The molecule has 0 aromatic heterocycles. The van der Waals surface area contributed by atoms with Crippen molar-refractivity contribution in [1.82, 2.24) is 0 Å². The van der Waals surface area contributed by atoms with Gasteiger partial charge >= 0.3 is 0 Å². The Morgan fingerprint density at radius 3 is 2.64 bits per heavy atom. The van der Waals surface area contributed by atoms with Gasteiger partial charge in [-0.1, -0.05) is 29.8 Å². The fraction of sp³-hybridized carbons (Fsp3) is 0.316. The van der Waals surface area contributed by atoms with Crippen LogP contribution in [0.3, 0.4) is 0 Å². The molecule has 2 nitrogen and oxygen atoms in total. The lowest BCUT2D eigenvalue weighted by molar-refractivity contribution is 0.305. The van der Waals surface area contributed by atoms with Crippen LogP contribution in [-0.2, 0) is 12.8 Å². The summed E-state index contributed by atoms with van der Waals surface area (Å²) in [5, 5.41) is 10.0. The summed E-state index contributed by atoms with van der Waals surface area (Å²) in [6.07, 6.45) is 4.25. The Hall–Kier alpha value is -1.98. The van der Waals surface area contributed by atoms with Crippen molar-refractivity contribution in [3.05, 3.63) is 64.2 Å². The van der Waals surface area contributed by atoms with Gasteiger partial charge in [-0.05, 0) is 60.2 Å². The highest BCUT2D eigenvalue weighted by atomic mass is 35.5. The van der Waals surface area contributed by atoms with E-state index in [-0.39, 0.29) is 5.92 Å². The van der Waals surface area contributed by atoms with Crippen LogP contribution in [0.1, 0.15) is 35.4 Å². The summed E-state index contributed by atoms with van der Waals surface area (Å²) in [5.41, 5.74) is 3.85. The molecule has 0 heterocycles. The average molecular weight is 312 g/mol. The number of fused-ring (bicyclic) bond motifs is 1. The van der Waals surface area contributed by atoms with Crippen molar-refractivity contribution in [2.75, 3.05) is 6.61 Å². The zero-order valence-corrected chi connectivity index (χ0v) is 13.1. The van der Waals surface area contributed by atoms with Crippen LogP contribution in [0.25, 0.3) is 0 Å². The van der Waals surface area contributed by atoms with Crippen LogP contribution in [-0.4, -0.2) is 6.61 Å². The van der Waals surface area contributed by atoms with E-state index in [2.05, 4.69) is 18.2 Å². The van der Waals surface area contributed by atoms with E-state index in [1.54, 1.807) is 0 Å². The van der Waals surface area contributed by atoms with E-state index in [4.69, 9.17) is 16.3 Å². The number of hydrogen-bond donors (Lipinski definition) is 0. The van der Waals surface area contributed by atoms with E-state index in [0.717, 1.165) is 17.7 Å². The second-order valence-electron chi connectivity index (χ2n) is 5.65. The van der Waals surface area contributed by atoms with Gasteiger partial charge in [-0.15, -0.1) is 0 Å². The van der Waals surface area contributed by atoms with Crippen LogP contribution in [0.5, 0.6) is 5.75 Å². The Morgan fingerprint density at radius 1 is 1.09 bits per heavy atom. The van der Waals surface area contributed by atoms with Crippen molar-refractivity contribution in [2.45, 2.75) is 31.6 Å². The molecule has 3 rings (SSSR count). The van der Waals surface area contributed by atoms with E-state index in [9.17, 15) is 5.26 Å². The quantitative estimate of drug-likeness (QED) is 0.786. The van der Waals surface area contributed by atoms with E-state index in [0.29, 0.717) is 18.1 Å². The molecule has 112 valence electrons. The summed E-state index contributed by atoms with van der Waals surface area (Å²) in [4.78, 5) is 0. The average Bonchev–Trinajstić information content (AvgIpc) is 3.00. The standard InChI is InChI=1S/C19H18ClNO/c20-18-7-4-15(5-8-18)17(13-21)10-11-22-19-9-6-14-2-1-3-16(14)12-19/h4-9,12,17H,1-3,10-11H2. The number of ether oxygens (including phenoxy) is 1. The van der Waals surface area contributed by atoms with Gasteiger partial charge in [0.1, 0.15) is 5.75 Å². The lowest BCUT2D eigenvalue weighted by Gasteiger charge is -2.12. The van der Waals surface area contributed by atoms with E-state index >= 15 is 0 Å². The SMILES string of the molecule is N#CC(CCOc1ccc2c(c1)CCC2)c1ccc(Cl)cc1. The number of nitriles is 1. The molecule has 0 amide bonds. The maximum atomic E-state index is 9.33. The molecule has 1 aliphatic carbocycles. The number of hydrogen-bond acceptors (Lipinski definition) is 2. The van der Waals surface area contributed by atoms with Crippen molar-refractivity contribution in [1.29, 1.82) is 5.26 Å². The minimum absolute atomic E-state index is 0.160. The Balaban J connectivity index is 1.57. The predicted molar refractivity (Wildman–Crippen MR) is 88.4 cm³/mol. The maximum absolute atomic E-state index is 9.33. The molecule has 0 N–H and O–H groups in total. The lowest BCUT2D eigenvalue weighted by atomic mass is 9.98. The third-order valence-corrected chi connectivity index (χ3v) is 4.43. The van der Waals surface area contributed by atoms with E-state index < -0.39 is 0 Å². The van der Waals surface area contributed by atoms with Crippen molar-refractivity contribution < 1.29 is 4.74 Å². The molecule has 2 aromatic rings. The van der Waals surface area contributed by atoms with Crippen LogP contribution in [0.4, 0.5) is 0 Å². The normalized spacial score (nSPS) is 14.2. The fourth-order valence-corrected chi connectivity index (χ4v) is 3.06. The smallest absolute Gasteiger partial charge is 0.119 e. The highest BCUT2D eigenvalue weighted by Gasteiger charge is 2.13. The molecule has 1 atom stereocenters. The largest absolute Gasteiger partial charge is 0.494 e. The zero-order valence-electron chi connectivity index (χ0n) is 12.4. The van der Waals surface area contributed by atoms with Crippen molar-refractivity contribution >= 4 is 11.6 Å². The number of benzene rings is 2. The minimum Gasteiger partial charge on any atom is -0.494 e. The fourth-order valence-electron chi connectivity index (χ4n) is 2.93. The topological polar surface area (TPSA) is 33.0 Å². The van der Waals surface area contributed by atoms with Gasteiger partial charge in [0, 0.05) is 11.4 Å². The summed E-state index contributed by atoms with van der Waals surface area (Å²) >= 11 is 5.88. The van der Waals surface area contributed by atoms with Gasteiger partial charge in [0.05, 0.1) is 18.6 Å². The Labute approximate surface area is 136 Å². The summed E-state index contributed by atoms with van der Waals surface area (Å²) < 4.78 is 5.83. The van der Waals surface area contributed by atoms with Crippen LogP contribution < -0.4 is 4.74 Å². The van der Waals surface area contributed by atoms with Gasteiger partial charge < -0.3 is 4.74 Å². The van der Waals surface area contributed by atoms with Gasteiger partial charge in [0.15, 0.2) is 0 Å². The first-order valence-corrected chi connectivity index (χ1v) is 8.04. The second kappa shape index (κ2) is 6.85.